The first-order valence-electron chi connectivity index (χ1n) is 9.21. The minimum absolute atomic E-state index is 0.141. The van der Waals surface area contributed by atoms with Crippen LogP contribution in [-0.2, 0) is 20.9 Å². The van der Waals surface area contributed by atoms with Crippen molar-refractivity contribution < 1.29 is 29.0 Å². The number of anilines is 1. The standard InChI is InChI=1S/C21H22N2O6/c1-14-21(27)23(17-7-2-3-8-18(17)29-14)10-9-19(24)22-12-15-5-4-6-16(11-15)28-13-20(25)26/h2-8,11,14H,9-10,12-13H2,1H3,(H,22,24)(H,25,26)/t14-/m0/s1. The maximum atomic E-state index is 12.4. The number of hydrogen-bond acceptors (Lipinski definition) is 5. The number of nitrogens with zero attached hydrogens (tertiary/aromatic N) is 1. The third-order valence-corrected chi connectivity index (χ3v) is 4.39. The molecule has 0 saturated heterocycles. The van der Waals surface area contributed by atoms with Gasteiger partial charge in [-0.3, -0.25) is 9.59 Å². The number of carbonyl (C=O) groups is 3. The molecule has 0 fully saturated rings. The number of ether oxygens (including phenoxy) is 2. The molecule has 8 heteroatoms. The number of carboxylic acids is 1. The number of fused-ring (bicyclic) bond motifs is 1. The molecule has 0 unspecified atom stereocenters. The van der Waals surface area contributed by atoms with Crippen molar-refractivity contribution in [2.45, 2.75) is 26.0 Å². The molecule has 1 atom stereocenters. The summed E-state index contributed by atoms with van der Waals surface area (Å²) in [6.07, 6.45) is -0.455. The van der Waals surface area contributed by atoms with E-state index < -0.39 is 18.7 Å². The number of benzene rings is 2. The first kappa shape index (κ1) is 20.2. The topological polar surface area (TPSA) is 105 Å². The van der Waals surface area contributed by atoms with E-state index in [1.54, 1.807) is 48.2 Å². The number of para-hydroxylation sites is 2. The Morgan fingerprint density at radius 3 is 2.79 bits per heavy atom. The number of nitrogens with one attached hydrogen (secondary N) is 1. The summed E-state index contributed by atoms with van der Waals surface area (Å²) in [6, 6.07) is 14.1. The van der Waals surface area contributed by atoms with Crippen LogP contribution in [0.3, 0.4) is 0 Å². The molecule has 2 amide bonds. The van der Waals surface area contributed by atoms with Crippen molar-refractivity contribution in [1.82, 2.24) is 5.32 Å². The lowest BCUT2D eigenvalue weighted by molar-refractivity contribution is -0.139. The highest BCUT2D eigenvalue weighted by molar-refractivity contribution is 6.00. The molecule has 1 heterocycles. The normalized spacial score (nSPS) is 15.3. The highest BCUT2D eigenvalue weighted by Gasteiger charge is 2.31. The van der Waals surface area contributed by atoms with Crippen molar-refractivity contribution in [2.24, 2.45) is 0 Å². The third kappa shape index (κ3) is 5.25. The Bertz CT molecular complexity index is 914. The number of carboxylic acid groups (broad SMARTS) is 1. The Morgan fingerprint density at radius 1 is 1.21 bits per heavy atom. The quantitative estimate of drug-likeness (QED) is 0.704. The summed E-state index contributed by atoms with van der Waals surface area (Å²) in [5.74, 6) is -0.398. The zero-order valence-corrected chi connectivity index (χ0v) is 16.0. The number of hydrogen-bond donors (Lipinski definition) is 2. The van der Waals surface area contributed by atoms with E-state index in [9.17, 15) is 14.4 Å². The molecular weight excluding hydrogens is 376 g/mol. The van der Waals surface area contributed by atoms with Crippen LogP contribution < -0.4 is 19.7 Å². The monoisotopic (exact) mass is 398 g/mol. The van der Waals surface area contributed by atoms with Crippen molar-refractivity contribution in [2.75, 3.05) is 18.1 Å². The molecule has 0 saturated carbocycles. The number of carbonyl (C=O) groups excluding carboxylic acids is 2. The molecule has 0 radical (unpaired) electrons. The molecule has 2 aromatic carbocycles. The van der Waals surface area contributed by atoms with Gasteiger partial charge in [0.25, 0.3) is 5.91 Å². The fourth-order valence-corrected chi connectivity index (χ4v) is 2.98. The van der Waals surface area contributed by atoms with Gasteiger partial charge in [-0.2, -0.15) is 0 Å². The Balaban J connectivity index is 1.53. The van der Waals surface area contributed by atoms with Crippen LogP contribution in [0.15, 0.2) is 48.5 Å². The van der Waals surface area contributed by atoms with Gasteiger partial charge in [-0.15, -0.1) is 0 Å². The number of rotatable bonds is 8. The first-order valence-corrected chi connectivity index (χ1v) is 9.21. The Kier molecular flexibility index (Phi) is 6.33. The SMILES string of the molecule is C[C@@H]1Oc2ccccc2N(CCC(=O)NCc2cccc(OCC(=O)O)c2)C1=O. The average Bonchev–Trinajstić information content (AvgIpc) is 2.71. The number of amides is 2. The minimum atomic E-state index is -1.06. The van der Waals surface area contributed by atoms with E-state index in [2.05, 4.69) is 5.32 Å². The summed E-state index contributed by atoms with van der Waals surface area (Å²) < 4.78 is 10.7. The van der Waals surface area contributed by atoms with E-state index in [0.29, 0.717) is 17.2 Å². The van der Waals surface area contributed by atoms with Gasteiger partial charge in [-0.1, -0.05) is 24.3 Å². The third-order valence-electron chi connectivity index (χ3n) is 4.39. The van der Waals surface area contributed by atoms with E-state index in [4.69, 9.17) is 14.6 Å². The van der Waals surface area contributed by atoms with Crippen LogP contribution in [0.1, 0.15) is 18.9 Å². The van der Waals surface area contributed by atoms with E-state index in [0.717, 1.165) is 5.56 Å². The second-order valence-electron chi connectivity index (χ2n) is 6.57. The van der Waals surface area contributed by atoms with E-state index in [1.807, 2.05) is 12.1 Å². The molecule has 0 aromatic heterocycles. The summed E-state index contributed by atoms with van der Waals surface area (Å²) in [4.78, 5) is 36.9. The lowest BCUT2D eigenvalue weighted by atomic mass is 10.1. The van der Waals surface area contributed by atoms with Gasteiger partial charge in [0.05, 0.1) is 5.69 Å². The maximum absolute atomic E-state index is 12.4. The van der Waals surface area contributed by atoms with Crippen molar-refractivity contribution in [1.29, 1.82) is 0 Å². The molecule has 8 nitrogen and oxygen atoms in total. The van der Waals surface area contributed by atoms with E-state index >= 15 is 0 Å². The van der Waals surface area contributed by atoms with Crippen LogP contribution in [0.4, 0.5) is 5.69 Å². The fourth-order valence-electron chi connectivity index (χ4n) is 2.98. The van der Waals surface area contributed by atoms with Crippen molar-refractivity contribution in [3.63, 3.8) is 0 Å². The molecule has 2 aromatic rings. The highest BCUT2D eigenvalue weighted by Crippen LogP contribution is 2.33. The van der Waals surface area contributed by atoms with Crippen LogP contribution >= 0.6 is 0 Å². The van der Waals surface area contributed by atoms with Crippen LogP contribution in [0.5, 0.6) is 11.5 Å². The smallest absolute Gasteiger partial charge is 0.341 e. The second kappa shape index (κ2) is 9.09. The molecule has 29 heavy (non-hydrogen) atoms. The largest absolute Gasteiger partial charge is 0.482 e. The summed E-state index contributed by atoms with van der Waals surface area (Å²) in [5.41, 5.74) is 1.44. The Labute approximate surface area is 168 Å². The van der Waals surface area contributed by atoms with E-state index in [1.165, 1.54) is 0 Å². The van der Waals surface area contributed by atoms with Crippen LogP contribution in [0, 0.1) is 0 Å². The zero-order chi connectivity index (χ0) is 20.8. The molecule has 152 valence electrons. The van der Waals surface area contributed by atoms with Gasteiger partial charge in [0, 0.05) is 19.5 Å². The summed E-state index contributed by atoms with van der Waals surface area (Å²) in [5, 5.41) is 11.5. The average molecular weight is 398 g/mol. The molecular formula is C21H22N2O6. The molecule has 1 aliphatic rings. The van der Waals surface area contributed by atoms with Crippen molar-refractivity contribution in [3.05, 3.63) is 54.1 Å². The Morgan fingerprint density at radius 2 is 2.00 bits per heavy atom. The van der Waals surface area contributed by atoms with Gasteiger partial charge >= 0.3 is 5.97 Å². The highest BCUT2D eigenvalue weighted by atomic mass is 16.5. The predicted octanol–water partition coefficient (Wildman–Crippen LogP) is 1.97. The molecule has 0 bridgehead atoms. The van der Waals surface area contributed by atoms with Crippen LogP contribution in [0.25, 0.3) is 0 Å². The van der Waals surface area contributed by atoms with Gasteiger partial charge in [-0.25, -0.2) is 4.79 Å². The van der Waals surface area contributed by atoms with Gasteiger partial charge < -0.3 is 24.8 Å². The summed E-state index contributed by atoms with van der Waals surface area (Å²) in [7, 11) is 0. The summed E-state index contributed by atoms with van der Waals surface area (Å²) in [6.45, 7) is 1.78. The zero-order valence-electron chi connectivity index (χ0n) is 16.0. The predicted molar refractivity (Wildman–Crippen MR) is 105 cm³/mol. The summed E-state index contributed by atoms with van der Waals surface area (Å²) >= 11 is 0. The van der Waals surface area contributed by atoms with Gasteiger partial charge in [0.1, 0.15) is 11.5 Å². The van der Waals surface area contributed by atoms with Crippen LogP contribution in [0.2, 0.25) is 0 Å². The molecule has 1 aliphatic heterocycles. The lowest BCUT2D eigenvalue weighted by Crippen LogP contribution is -2.45. The second-order valence-corrected chi connectivity index (χ2v) is 6.57. The lowest BCUT2D eigenvalue weighted by Gasteiger charge is -2.32. The first-order chi connectivity index (χ1) is 13.9. The van der Waals surface area contributed by atoms with Gasteiger partial charge in [-0.05, 0) is 36.8 Å². The fraction of sp³-hybridized carbons (Fsp3) is 0.286. The van der Waals surface area contributed by atoms with Crippen molar-refractivity contribution in [3.8, 4) is 11.5 Å². The minimum Gasteiger partial charge on any atom is -0.482 e. The maximum Gasteiger partial charge on any atom is 0.341 e. The molecule has 3 rings (SSSR count). The van der Waals surface area contributed by atoms with Crippen LogP contribution in [-0.4, -0.2) is 42.1 Å². The Hall–Kier alpha value is -3.55. The van der Waals surface area contributed by atoms with E-state index in [-0.39, 0.29) is 31.3 Å². The van der Waals surface area contributed by atoms with Gasteiger partial charge in [0.15, 0.2) is 12.7 Å². The molecule has 2 N–H and O–H groups in total. The molecule has 0 aliphatic carbocycles. The van der Waals surface area contributed by atoms with Crippen molar-refractivity contribution >= 4 is 23.5 Å². The number of aliphatic carboxylic acids is 1. The van der Waals surface area contributed by atoms with Gasteiger partial charge in [0.2, 0.25) is 5.91 Å². The molecule has 0 spiro atoms.